The van der Waals surface area contributed by atoms with Crippen LogP contribution in [0.5, 0.6) is 0 Å². The molecule has 2 aromatic heterocycles. The van der Waals surface area contributed by atoms with Gasteiger partial charge in [0.2, 0.25) is 5.91 Å². The van der Waals surface area contributed by atoms with E-state index in [2.05, 4.69) is 6.07 Å². The van der Waals surface area contributed by atoms with E-state index in [1.807, 2.05) is 22.8 Å². The number of halogens is 2. The van der Waals surface area contributed by atoms with Crippen LogP contribution in [0.15, 0.2) is 71.3 Å². The van der Waals surface area contributed by atoms with Gasteiger partial charge in [-0.2, -0.15) is 0 Å². The molecule has 0 saturated heterocycles. The van der Waals surface area contributed by atoms with Crippen molar-refractivity contribution in [3.63, 3.8) is 0 Å². The highest BCUT2D eigenvalue weighted by Gasteiger charge is 2.18. The van der Waals surface area contributed by atoms with Gasteiger partial charge in [-0.05, 0) is 60.2 Å². The zero-order valence-corrected chi connectivity index (χ0v) is 15.7. The monoisotopic (exact) mass is 401 g/mol. The second kappa shape index (κ2) is 6.84. The van der Waals surface area contributed by atoms with E-state index in [1.165, 1.54) is 12.1 Å². The number of nitrogens with two attached hydrogens (primary N) is 1. The third-order valence-electron chi connectivity index (χ3n) is 5.13. The maximum Gasteiger partial charge on any atom is 0.249 e. The van der Waals surface area contributed by atoms with Crippen LogP contribution in [0.25, 0.3) is 33.1 Å². The SMILES string of the molecule is NC(=O)c1cccc2c1c1[c]cc(-c3ccco3)cc1n2Cc1cc(F)cc(F)c1. The van der Waals surface area contributed by atoms with Crippen LogP contribution >= 0.6 is 0 Å². The number of furan rings is 1. The molecule has 0 atom stereocenters. The van der Waals surface area contributed by atoms with E-state index >= 15 is 0 Å². The van der Waals surface area contributed by atoms with Crippen molar-refractivity contribution in [1.82, 2.24) is 4.57 Å². The van der Waals surface area contributed by atoms with Crippen LogP contribution in [0.3, 0.4) is 0 Å². The molecule has 0 saturated carbocycles. The normalized spacial score (nSPS) is 11.4. The Morgan fingerprint density at radius 1 is 1.03 bits per heavy atom. The number of carbonyl (C=O) groups excluding carboxylic acids is 1. The van der Waals surface area contributed by atoms with Gasteiger partial charge in [-0.25, -0.2) is 8.78 Å². The number of nitrogens with zero attached hydrogens (tertiary/aromatic N) is 1. The Morgan fingerprint density at radius 2 is 1.83 bits per heavy atom. The standard InChI is InChI=1S/C24H15F2N2O2/c25-16-9-14(10-17(26)12-16)13-28-20-4-1-3-19(24(27)29)23(20)18-7-6-15(11-21(18)28)22-5-2-8-30-22/h1-6,8-12H,13H2,(H2,27,29). The topological polar surface area (TPSA) is 61.2 Å². The van der Waals surface area contributed by atoms with Crippen LogP contribution in [0.4, 0.5) is 8.78 Å². The molecule has 0 fully saturated rings. The first-order valence-electron chi connectivity index (χ1n) is 9.26. The van der Waals surface area contributed by atoms with Gasteiger partial charge in [-0.3, -0.25) is 4.79 Å². The van der Waals surface area contributed by atoms with Gasteiger partial charge in [-0.15, -0.1) is 0 Å². The van der Waals surface area contributed by atoms with Gasteiger partial charge in [0, 0.05) is 34.5 Å². The van der Waals surface area contributed by atoms with Crippen molar-refractivity contribution in [2.45, 2.75) is 6.54 Å². The number of hydrogen-bond acceptors (Lipinski definition) is 2. The zero-order chi connectivity index (χ0) is 20.8. The molecule has 5 rings (SSSR count). The minimum absolute atomic E-state index is 0.201. The molecule has 30 heavy (non-hydrogen) atoms. The van der Waals surface area contributed by atoms with E-state index in [0.717, 1.165) is 22.7 Å². The molecule has 1 radical (unpaired) electrons. The number of fused-ring (bicyclic) bond motifs is 3. The van der Waals surface area contributed by atoms with Gasteiger partial charge in [0.15, 0.2) is 0 Å². The Hall–Kier alpha value is -3.93. The van der Waals surface area contributed by atoms with Crippen LogP contribution in [0, 0.1) is 17.7 Å². The Bertz CT molecular complexity index is 1400. The molecule has 1 amide bonds. The van der Waals surface area contributed by atoms with Crippen LogP contribution in [0.1, 0.15) is 15.9 Å². The summed E-state index contributed by atoms with van der Waals surface area (Å²) in [6, 6.07) is 19.2. The largest absolute Gasteiger partial charge is 0.464 e. The van der Waals surface area contributed by atoms with Crippen LogP contribution in [0.2, 0.25) is 0 Å². The van der Waals surface area contributed by atoms with E-state index in [9.17, 15) is 13.6 Å². The van der Waals surface area contributed by atoms with Crippen molar-refractivity contribution in [3.05, 3.63) is 95.8 Å². The fraction of sp³-hybridized carbons (Fsp3) is 0.0417. The van der Waals surface area contributed by atoms with Crippen LogP contribution < -0.4 is 5.73 Å². The summed E-state index contributed by atoms with van der Waals surface area (Å²) < 4.78 is 34.9. The minimum atomic E-state index is -0.647. The van der Waals surface area contributed by atoms with Crippen molar-refractivity contribution in [2.75, 3.05) is 0 Å². The first kappa shape index (κ1) is 18.1. The van der Waals surface area contributed by atoms with Crippen LogP contribution in [-0.2, 0) is 6.54 Å². The molecule has 3 aromatic carbocycles. The number of primary amides is 1. The second-order valence-electron chi connectivity index (χ2n) is 7.05. The highest BCUT2D eigenvalue weighted by molar-refractivity contribution is 6.18. The van der Waals surface area contributed by atoms with Gasteiger partial charge < -0.3 is 14.7 Å². The highest BCUT2D eigenvalue weighted by atomic mass is 19.1. The molecule has 0 unspecified atom stereocenters. The molecular weight excluding hydrogens is 386 g/mol. The van der Waals surface area contributed by atoms with E-state index < -0.39 is 17.5 Å². The Balaban J connectivity index is 1.82. The van der Waals surface area contributed by atoms with Crippen molar-refractivity contribution in [3.8, 4) is 11.3 Å². The number of benzene rings is 3. The first-order chi connectivity index (χ1) is 14.5. The third-order valence-corrected chi connectivity index (χ3v) is 5.13. The van der Waals surface area contributed by atoms with Crippen molar-refractivity contribution >= 4 is 27.7 Å². The quantitative estimate of drug-likeness (QED) is 0.445. The van der Waals surface area contributed by atoms with Crippen molar-refractivity contribution < 1.29 is 18.0 Å². The van der Waals surface area contributed by atoms with Gasteiger partial charge in [-0.1, -0.05) is 6.07 Å². The number of aromatic nitrogens is 1. The molecule has 0 spiro atoms. The maximum absolute atomic E-state index is 13.8. The summed E-state index contributed by atoms with van der Waals surface area (Å²) in [5, 5.41) is 1.36. The number of carbonyl (C=O) groups is 1. The molecule has 0 bridgehead atoms. The van der Waals surface area contributed by atoms with E-state index in [0.29, 0.717) is 27.7 Å². The summed E-state index contributed by atoms with van der Waals surface area (Å²) in [6.07, 6.45) is 1.58. The third kappa shape index (κ3) is 2.93. The Kier molecular flexibility index (Phi) is 4.13. The summed E-state index contributed by atoms with van der Waals surface area (Å²) >= 11 is 0. The minimum Gasteiger partial charge on any atom is -0.464 e. The average Bonchev–Trinajstić information content (AvgIpc) is 3.34. The lowest BCUT2D eigenvalue weighted by Crippen LogP contribution is -2.11. The maximum atomic E-state index is 13.8. The molecule has 6 heteroatoms. The molecule has 147 valence electrons. The zero-order valence-electron chi connectivity index (χ0n) is 15.7. The predicted molar refractivity (Wildman–Crippen MR) is 110 cm³/mol. The fourth-order valence-corrected chi connectivity index (χ4v) is 3.90. The highest BCUT2D eigenvalue weighted by Crippen LogP contribution is 2.35. The fourth-order valence-electron chi connectivity index (χ4n) is 3.90. The summed E-state index contributed by atoms with van der Waals surface area (Å²) in [4.78, 5) is 12.1. The number of rotatable bonds is 4. The summed E-state index contributed by atoms with van der Waals surface area (Å²) in [5.41, 5.74) is 8.69. The summed E-state index contributed by atoms with van der Waals surface area (Å²) in [7, 11) is 0. The van der Waals surface area contributed by atoms with Gasteiger partial charge in [0.1, 0.15) is 17.4 Å². The molecule has 2 heterocycles. The molecule has 2 N–H and O–H groups in total. The van der Waals surface area contributed by atoms with Crippen molar-refractivity contribution in [1.29, 1.82) is 0 Å². The van der Waals surface area contributed by atoms with Gasteiger partial charge in [0.25, 0.3) is 0 Å². The molecule has 4 nitrogen and oxygen atoms in total. The second-order valence-corrected chi connectivity index (χ2v) is 7.05. The van der Waals surface area contributed by atoms with E-state index in [-0.39, 0.29) is 6.54 Å². The first-order valence-corrected chi connectivity index (χ1v) is 9.26. The smallest absolute Gasteiger partial charge is 0.249 e. The van der Waals surface area contributed by atoms with E-state index in [4.69, 9.17) is 10.2 Å². The number of amides is 1. The van der Waals surface area contributed by atoms with E-state index in [1.54, 1.807) is 30.5 Å². The predicted octanol–water partition coefficient (Wildman–Crippen LogP) is 5.28. The van der Waals surface area contributed by atoms with Crippen LogP contribution in [-0.4, -0.2) is 10.5 Å². The molecule has 0 aliphatic carbocycles. The lowest BCUT2D eigenvalue weighted by atomic mass is 10.0. The lowest BCUT2D eigenvalue weighted by Gasteiger charge is -2.09. The lowest BCUT2D eigenvalue weighted by molar-refractivity contribution is 0.100. The van der Waals surface area contributed by atoms with Gasteiger partial charge >= 0.3 is 0 Å². The molecular formula is C24H15F2N2O2. The average molecular weight is 401 g/mol. The number of hydrogen-bond donors (Lipinski definition) is 1. The molecule has 0 aliphatic rings. The van der Waals surface area contributed by atoms with Crippen molar-refractivity contribution in [2.24, 2.45) is 5.73 Å². The molecule has 0 aliphatic heterocycles. The summed E-state index contributed by atoms with van der Waals surface area (Å²) in [6.45, 7) is 0.201. The Labute approximate surface area is 170 Å². The Morgan fingerprint density at radius 3 is 2.53 bits per heavy atom. The van der Waals surface area contributed by atoms with Gasteiger partial charge in [0.05, 0.1) is 17.3 Å². The molecule has 5 aromatic rings. The summed E-state index contributed by atoms with van der Waals surface area (Å²) in [5.74, 6) is -1.19.